The second-order valence-electron chi connectivity index (χ2n) is 5.42. The minimum atomic E-state index is -0.282. The van der Waals surface area contributed by atoms with Gasteiger partial charge in [0.15, 0.2) is 0 Å². The first-order valence-electron chi connectivity index (χ1n) is 7.44. The van der Waals surface area contributed by atoms with Crippen LogP contribution in [0.3, 0.4) is 0 Å². The molecule has 0 bridgehead atoms. The molecule has 0 aliphatic carbocycles. The monoisotopic (exact) mass is 292 g/mol. The Bertz CT molecular complexity index is 438. The molecule has 1 aliphatic rings. The van der Waals surface area contributed by atoms with E-state index in [1.807, 2.05) is 44.2 Å². The summed E-state index contributed by atoms with van der Waals surface area (Å²) in [6, 6.07) is 9.68. The standard InChI is InChI=1S/C16H24N2O3/c1-12(10-20-11-14-6-4-3-5-7-14)18-16(19)15-13(2)21-9-8-17-15/h3-7,12-13,15,17H,8-11H2,1-2H3,(H,18,19)/t12?,13-,15+/m1/s1. The highest BCUT2D eigenvalue weighted by atomic mass is 16.5. The van der Waals surface area contributed by atoms with Crippen molar-refractivity contribution in [2.24, 2.45) is 0 Å². The smallest absolute Gasteiger partial charge is 0.240 e. The van der Waals surface area contributed by atoms with Crippen LogP contribution in [0, 0.1) is 0 Å². The topological polar surface area (TPSA) is 59.6 Å². The van der Waals surface area contributed by atoms with Crippen LogP contribution in [-0.2, 0) is 20.9 Å². The highest BCUT2D eigenvalue weighted by Crippen LogP contribution is 2.05. The number of morpholine rings is 1. The van der Waals surface area contributed by atoms with Gasteiger partial charge in [0.05, 0.1) is 25.9 Å². The molecule has 0 spiro atoms. The van der Waals surface area contributed by atoms with Crippen molar-refractivity contribution in [3.63, 3.8) is 0 Å². The fraction of sp³-hybridized carbons (Fsp3) is 0.562. The van der Waals surface area contributed by atoms with Crippen molar-refractivity contribution in [1.82, 2.24) is 10.6 Å². The molecule has 3 atom stereocenters. The van der Waals surface area contributed by atoms with Crippen LogP contribution in [-0.4, -0.2) is 43.9 Å². The molecule has 1 heterocycles. The molecule has 1 fully saturated rings. The molecule has 5 heteroatoms. The Morgan fingerprint density at radius 1 is 1.48 bits per heavy atom. The van der Waals surface area contributed by atoms with E-state index in [9.17, 15) is 4.79 Å². The van der Waals surface area contributed by atoms with Gasteiger partial charge in [0.25, 0.3) is 0 Å². The molecule has 1 aromatic rings. The predicted octanol–water partition coefficient (Wildman–Crippen LogP) is 1.08. The molecule has 21 heavy (non-hydrogen) atoms. The number of carbonyl (C=O) groups is 1. The number of nitrogens with one attached hydrogen (secondary N) is 2. The summed E-state index contributed by atoms with van der Waals surface area (Å²) in [4.78, 5) is 12.1. The lowest BCUT2D eigenvalue weighted by molar-refractivity contribution is -0.130. The number of ether oxygens (including phenoxy) is 2. The molecule has 2 rings (SSSR count). The zero-order valence-corrected chi connectivity index (χ0v) is 12.7. The summed E-state index contributed by atoms with van der Waals surface area (Å²) in [6.07, 6.45) is -0.101. The van der Waals surface area contributed by atoms with Crippen molar-refractivity contribution < 1.29 is 14.3 Å². The summed E-state index contributed by atoms with van der Waals surface area (Å²) in [5.41, 5.74) is 1.13. The van der Waals surface area contributed by atoms with Gasteiger partial charge in [-0.1, -0.05) is 30.3 Å². The third-order valence-electron chi connectivity index (χ3n) is 3.47. The van der Waals surface area contributed by atoms with Crippen LogP contribution in [0.4, 0.5) is 0 Å². The van der Waals surface area contributed by atoms with Crippen molar-refractivity contribution in [2.75, 3.05) is 19.8 Å². The lowest BCUT2D eigenvalue weighted by Crippen LogP contribution is -2.57. The lowest BCUT2D eigenvalue weighted by atomic mass is 10.1. The van der Waals surface area contributed by atoms with E-state index in [-0.39, 0.29) is 24.1 Å². The quantitative estimate of drug-likeness (QED) is 0.824. The van der Waals surface area contributed by atoms with Crippen LogP contribution in [0.5, 0.6) is 0 Å². The molecule has 116 valence electrons. The van der Waals surface area contributed by atoms with Crippen LogP contribution >= 0.6 is 0 Å². The molecule has 5 nitrogen and oxygen atoms in total. The van der Waals surface area contributed by atoms with Crippen molar-refractivity contribution in [2.45, 2.75) is 38.6 Å². The van der Waals surface area contributed by atoms with Gasteiger partial charge in [-0.05, 0) is 19.4 Å². The predicted molar refractivity (Wildman–Crippen MR) is 80.9 cm³/mol. The molecule has 0 radical (unpaired) electrons. The molecule has 1 saturated heterocycles. The van der Waals surface area contributed by atoms with Crippen LogP contribution < -0.4 is 10.6 Å². The highest BCUT2D eigenvalue weighted by molar-refractivity contribution is 5.82. The molecule has 1 unspecified atom stereocenters. The third-order valence-corrected chi connectivity index (χ3v) is 3.47. The van der Waals surface area contributed by atoms with E-state index in [1.165, 1.54) is 0 Å². The van der Waals surface area contributed by atoms with Gasteiger partial charge in [0.2, 0.25) is 5.91 Å². The van der Waals surface area contributed by atoms with E-state index in [0.29, 0.717) is 26.4 Å². The van der Waals surface area contributed by atoms with Crippen molar-refractivity contribution in [1.29, 1.82) is 0 Å². The van der Waals surface area contributed by atoms with Gasteiger partial charge in [0.1, 0.15) is 6.04 Å². The Balaban J connectivity index is 1.69. The van der Waals surface area contributed by atoms with Crippen LogP contribution in [0.15, 0.2) is 30.3 Å². The molecule has 0 aromatic heterocycles. The first-order valence-corrected chi connectivity index (χ1v) is 7.44. The zero-order chi connectivity index (χ0) is 15.1. The normalized spacial score (nSPS) is 23.5. The van der Waals surface area contributed by atoms with E-state index in [2.05, 4.69) is 10.6 Å². The molecule has 2 N–H and O–H groups in total. The summed E-state index contributed by atoms with van der Waals surface area (Å²) < 4.78 is 11.1. The largest absolute Gasteiger partial charge is 0.375 e. The van der Waals surface area contributed by atoms with E-state index >= 15 is 0 Å². The second-order valence-corrected chi connectivity index (χ2v) is 5.42. The maximum absolute atomic E-state index is 12.1. The molecular formula is C16H24N2O3. The molecule has 0 saturated carbocycles. The minimum Gasteiger partial charge on any atom is -0.375 e. The number of carbonyl (C=O) groups excluding carboxylic acids is 1. The Morgan fingerprint density at radius 2 is 2.24 bits per heavy atom. The first-order chi connectivity index (χ1) is 10.2. The SMILES string of the molecule is CC(COCc1ccccc1)NC(=O)[C@H]1NCCO[C@@H]1C. The van der Waals surface area contributed by atoms with Crippen molar-refractivity contribution in [3.05, 3.63) is 35.9 Å². The maximum atomic E-state index is 12.1. The summed E-state index contributed by atoms with van der Waals surface area (Å²) in [7, 11) is 0. The van der Waals surface area contributed by atoms with Gasteiger partial charge in [-0.2, -0.15) is 0 Å². The highest BCUT2D eigenvalue weighted by Gasteiger charge is 2.28. The molecule has 1 aliphatic heterocycles. The summed E-state index contributed by atoms with van der Waals surface area (Å²) >= 11 is 0. The van der Waals surface area contributed by atoms with Gasteiger partial charge in [-0.3, -0.25) is 4.79 Å². The Hall–Kier alpha value is -1.43. The number of rotatable bonds is 6. The minimum absolute atomic E-state index is 0.0296. The number of amides is 1. The summed E-state index contributed by atoms with van der Waals surface area (Å²) in [6.45, 7) is 6.26. The molecular weight excluding hydrogens is 268 g/mol. The van der Waals surface area contributed by atoms with Crippen LogP contribution in [0.1, 0.15) is 19.4 Å². The summed E-state index contributed by atoms with van der Waals surface area (Å²) in [5.74, 6) is -0.0296. The number of hydrogen-bond donors (Lipinski definition) is 2. The molecule has 1 aromatic carbocycles. The third kappa shape index (κ3) is 5.12. The Morgan fingerprint density at radius 3 is 2.95 bits per heavy atom. The number of hydrogen-bond acceptors (Lipinski definition) is 4. The van der Waals surface area contributed by atoms with E-state index in [4.69, 9.17) is 9.47 Å². The average Bonchev–Trinajstić information content (AvgIpc) is 2.48. The average molecular weight is 292 g/mol. The first kappa shape index (κ1) is 15.9. The van der Waals surface area contributed by atoms with Gasteiger partial charge >= 0.3 is 0 Å². The van der Waals surface area contributed by atoms with Gasteiger partial charge < -0.3 is 20.1 Å². The van der Waals surface area contributed by atoms with Crippen LogP contribution in [0.25, 0.3) is 0 Å². The zero-order valence-electron chi connectivity index (χ0n) is 12.7. The summed E-state index contributed by atoms with van der Waals surface area (Å²) in [5, 5.41) is 6.14. The fourth-order valence-electron chi connectivity index (χ4n) is 2.33. The van der Waals surface area contributed by atoms with E-state index in [1.54, 1.807) is 0 Å². The van der Waals surface area contributed by atoms with Gasteiger partial charge in [-0.15, -0.1) is 0 Å². The van der Waals surface area contributed by atoms with Crippen molar-refractivity contribution >= 4 is 5.91 Å². The van der Waals surface area contributed by atoms with Crippen LogP contribution in [0.2, 0.25) is 0 Å². The van der Waals surface area contributed by atoms with Gasteiger partial charge in [-0.25, -0.2) is 0 Å². The molecule has 1 amide bonds. The fourth-order valence-corrected chi connectivity index (χ4v) is 2.33. The van der Waals surface area contributed by atoms with Gasteiger partial charge in [0, 0.05) is 12.6 Å². The Labute approximate surface area is 126 Å². The van der Waals surface area contributed by atoms with E-state index < -0.39 is 0 Å². The lowest BCUT2D eigenvalue weighted by Gasteiger charge is -2.30. The van der Waals surface area contributed by atoms with Crippen molar-refractivity contribution in [3.8, 4) is 0 Å². The van der Waals surface area contributed by atoms with E-state index in [0.717, 1.165) is 5.56 Å². The maximum Gasteiger partial charge on any atom is 0.240 e. The number of benzene rings is 1. The Kier molecular flexibility index (Phi) is 6.17. The second kappa shape index (κ2) is 8.12.